The van der Waals surface area contributed by atoms with E-state index < -0.39 is 6.29 Å². The third-order valence-electron chi connectivity index (χ3n) is 5.12. The second-order valence-corrected chi connectivity index (χ2v) is 7.37. The van der Waals surface area contributed by atoms with Crippen LogP contribution >= 0.6 is 0 Å². The number of hydrogen-bond donors (Lipinski definition) is 2. The summed E-state index contributed by atoms with van der Waals surface area (Å²) in [5.41, 5.74) is 1.74. The van der Waals surface area contributed by atoms with Gasteiger partial charge in [-0.3, -0.25) is 14.2 Å². The maximum atomic E-state index is 12.7. The zero-order valence-corrected chi connectivity index (χ0v) is 18.4. The number of benzene rings is 1. The average Bonchev–Trinajstić information content (AvgIpc) is 3.19. The van der Waals surface area contributed by atoms with Gasteiger partial charge in [-0.1, -0.05) is 18.2 Å². The van der Waals surface area contributed by atoms with Crippen molar-refractivity contribution in [1.29, 1.82) is 0 Å². The lowest BCUT2D eigenvalue weighted by Gasteiger charge is -2.29. The van der Waals surface area contributed by atoms with Gasteiger partial charge in [0.05, 0.1) is 38.6 Å². The Balaban J connectivity index is 1.85. The number of nitrogens with one attached hydrogen (secondary N) is 1. The van der Waals surface area contributed by atoms with E-state index in [-0.39, 0.29) is 43.3 Å². The van der Waals surface area contributed by atoms with Crippen LogP contribution in [0.3, 0.4) is 0 Å². The van der Waals surface area contributed by atoms with E-state index in [1.165, 1.54) is 6.92 Å². The van der Waals surface area contributed by atoms with Crippen LogP contribution in [0.5, 0.6) is 0 Å². The number of ether oxygens (including phenoxy) is 4. The van der Waals surface area contributed by atoms with Gasteiger partial charge in [0.15, 0.2) is 5.76 Å². The van der Waals surface area contributed by atoms with Gasteiger partial charge >= 0.3 is 0 Å². The van der Waals surface area contributed by atoms with E-state index in [9.17, 15) is 9.59 Å². The van der Waals surface area contributed by atoms with E-state index >= 15 is 0 Å². The normalized spacial score (nSPS) is 18.3. The van der Waals surface area contributed by atoms with Crippen molar-refractivity contribution in [3.8, 4) is 0 Å². The van der Waals surface area contributed by atoms with Crippen LogP contribution in [0.2, 0.25) is 0 Å². The number of amides is 1. The molecular weight excluding hydrogens is 416 g/mol. The van der Waals surface area contributed by atoms with Gasteiger partial charge < -0.3 is 29.4 Å². The van der Waals surface area contributed by atoms with Gasteiger partial charge in [-0.15, -0.1) is 0 Å². The number of carbonyl (C=O) groups excluding carboxylic acids is 2. The van der Waals surface area contributed by atoms with Gasteiger partial charge in [0.25, 0.3) is 5.91 Å². The molecule has 2 atom stereocenters. The summed E-state index contributed by atoms with van der Waals surface area (Å²) in [6.07, 6.45) is 3.41. The molecule has 0 unspecified atom stereocenters. The van der Waals surface area contributed by atoms with Crippen molar-refractivity contribution in [2.45, 2.75) is 25.6 Å². The molecule has 1 aromatic carbocycles. The minimum Gasteiger partial charge on any atom is -0.459 e. The van der Waals surface area contributed by atoms with Crippen molar-refractivity contribution < 1.29 is 33.6 Å². The Morgan fingerprint density at radius 2 is 2.03 bits per heavy atom. The highest BCUT2D eigenvalue weighted by Gasteiger charge is 2.30. The first-order chi connectivity index (χ1) is 15.5. The van der Waals surface area contributed by atoms with E-state index in [4.69, 9.17) is 24.1 Å². The molecule has 0 saturated heterocycles. The first kappa shape index (κ1) is 23.9. The zero-order chi connectivity index (χ0) is 22.9. The Morgan fingerprint density at radius 1 is 1.22 bits per heavy atom. The molecule has 32 heavy (non-hydrogen) atoms. The van der Waals surface area contributed by atoms with Crippen molar-refractivity contribution >= 4 is 22.7 Å². The fourth-order valence-electron chi connectivity index (χ4n) is 3.66. The first-order valence-corrected chi connectivity index (χ1v) is 10.6. The van der Waals surface area contributed by atoms with Crippen LogP contribution in [0.25, 0.3) is 10.9 Å². The summed E-state index contributed by atoms with van der Waals surface area (Å²) in [4.78, 5) is 24.8. The van der Waals surface area contributed by atoms with Crippen LogP contribution in [0.1, 0.15) is 29.6 Å². The largest absolute Gasteiger partial charge is 0.459 e. The maximum absolute atomic E-state index is 12.7. The van der Waals surface area contributed by atoms with E-state index in [1.807, 2.05) is 30.5 Å². The highest BCUT2D eigenvalue weighted by Crippen LogP contribution is 2.36. The standard InChI is InChI=1S/C23H30N2O7/c1-16(27)25-15-19(18-5-3-4-6-20(18)25)17-13-21(23(28)24-7-9-29-2)32-22(14-17)31-12-11-30-10-8-26/h3-6,13,15,17,22,26H,7-12,14H2,1-2H3,(H,24,28)/t17-,22+/m1/s1. The first-order valence-electron chi connectivity index (χ1n) is 10.6. The number of para-hydroxylation sites is 1. The van der Waals surface area contributed by atoms with Crippen LogP contribution in [-0.4, -0.2) is 74.5 Å². The molecule has 9 heteroatoms. The van der Waals surface area contributed by atoms with Crippen LogP contribution < -0.4 is 5.32 Å². The molecule has 2 N–H and O–H groups in total. The maximum Gasteiger partial charge on any atom is 0.286 e. The van der Waals surface area contributed by atoms with Crippen molar-refractivity contribution in [3.05, 3.63) is 47.9 Å². The number of methoxy groups -OCH3 is 1. The molecule has 0 saturated carbocycles. The predicted molar refractivity (Wildman–Crippen MR) is 117 cm³/mol. The number of hydrogen-bond acceptors (Lipinski definition) is 7. The molecule has 0 fully saturated rings. The number of allylic oxidation sites excluding steroid dienone is 1. The highest BCUT2D eigenvalue weighted by molar-refractivity contribution is 5.95. The van der Waals surface area contributed by atoms with Crippen LogP contribution in [0.15, 0.2) is 42.3 Å². The van der Waals surface area contributed by atoms with Gasteiger partial charge in [0, 0.05) is 44.5 Å². The van der Waals surface area contributed by atoms with Crippen LogP contribution in [-0.2, 0) is 23.7 Å². The molecule has 0 spiro atoms. The SMILES string of the molecule is COCCNC(=O)C1=C[C@@H](c2cn(C(C)=O)c3ccccc23)C[C@@H](OCCOCCO)O1. The number of aromatic nitrogens is 1. The van der Waals surface area contributed by atoms with E-state index in [1.54, 1.807) is 17.8 Å². The molecule has 0 radical (unpaired) electrons. The minimum atomic E-state index is -0.662. The average molecular weight is 447 g/mol. The second-order valence-electron chi connectivity index (χ2n) is 7.37. The summed E-state index contributed by atoms with van der Waals surface area (Å²) < 4.78 is 23.4. The fraction of sp³-hybridized carbons (Fsp3) is 0.478. The minimum absolute atomic E-state index is 0.0588. The lowest BCUT2D eigenvalue weighted by atomic mass is 9.92. The molecule has 9 nitrogen and oxygen atoms in total. The Bertz CT molecular complexity index is 953. The Labute approximate surface area is 186 Å². The third kappa shape index (κ3) is 5.95. The number of carbonyl (C=O) groups is 2. The monoisotopic (exact) mass is 446 g/mol. The lowest BCUT2D eigenvalue weighted by Crippen LogP contribution is -2.34. The van der Waals surface area contributed by atoms with Crippen LogP contribution in [0.4, 0.5) is 0 Å². The van der Waals surface area contributed by atoms with Crippen molar-refractivity contribution in [2.24, 2.45) is 0 Å². The van der Waals surface area contributed by atoms with Gasteiger partial charge in [0.1, 0.15) is 0 Å². The van der Waals surface area contributed by atoms with Gasteiger partial charge in [-0.2, -0.15) is 0 Å². The summed E-state index contributed by atoms with van der Waals surface area (Å²) in [7, 11) is 1.56. The van der Waals surface area contributed by atoms with Gasteiger partial charge in [0.2, 0.25) is 12.2 Å². The predicted octanol–water partition coefficient (Wildman–Crippen LogP) is 1.80. The summed E-state index contributed by atoms with van der Waals surface area (Å²) >= 11 is 0. The number of rotatable bonds is 11. The molecule has 2 aromatic rings. The lowest BCUT2D eigenvalue weighted by molar-refractivity contribution is -0.151. The molecule has 0 bridgehead atoms. The second kappa shape index (κ2) is 11.8. The molecule has 1 aliphatic heterocycles. The summed E-state index contributed by atoms with van der Waals surface area (Å²) in [5.74, 6) is -0.471. The number of aliphatic hydroxyl groups excluding tert-OH is 1. The smallest absolute Gasteiger partial charge is 0.286 e. The molecule has 1 aliphatic rings. The summed E-state index contributed by atoms with van der Waals surface area (Å²) in [6.45, 7) is 2.98. The Hall–Kier alpha value is -2.72. The molecule has 174 valence electrons. The fourth-order valence-corrected chi connectivity index (χ4v) is 3.66. The molecule has 2 heterocycles. The van der Waals surface area contributed by atoms with Gasteiger partial charge in [-0.05, 0) is 17.7 Å². The zero-order valence-electron chi connectivity index (χ0n) is 18.4. The van der Waals surface area contributed by atoms with Crippen LogP contribution in [0, 0.1) is 0 Å². The van der Waals surface area contributed by atoms with E-state index in [0.29, 0.717) is 26.2 Å². The topological polar surface area (TPSA) is 108 Å². The van der Waals surface area contributed by atoms with E-state index in [0.717, 1.165) is 16.5 Å². The molecule has 1 amide bonds. The molecule has 3 rings (SSSR count). The van der Waals surface area contributed by atoms with Crippen molar-refractivity contribution in [3.63, 3.8) is 0 Å². The van der Waals surface area contributed by atoms with E-state index in [2.05, 4.69) is 5.32 Å². The molecular formula is C23H30N2O7. The van der Waals surface area contributed by atoms with Gasteiger partial charge in [-0.25, -0.2) is 0 Å². The molecule has 1 aromatic heterocycles. The van der Waals surface area contributed by atoms with Crippen molar-refractivity contribution in [2.75, 3.05) is 46.7 Å². The number of fused-ring (bicyclic) bond motifs is 1. The Kier molecular flexibility index (Phi) is 8.81. The van der Waals surface area contributed by atoms with Crippen molar-refractivity contribution in [1.82, 2.24) is 9.88 Å². The Morgan fingerprint density at radius 3 is 2.78 bits per heavy atom. The number of aliphatic hydroxyl groups is 1. The molecule has 0 aliphatic carbocycles. The quantitative estimate of drug-likeness (QED) is 0.507. The number of nitrogens with zero attached hydrogens (tertiary/aromatic N) is 1. The summed E-state index contributed by atoms with van der Waals surface area (Å²) in [5, 5.41) is 12.5. The third-order valence-corrected chi connectivity index (χ3v) is 5.12. The highest BCUT2D eigenvalue weighted by atomic mass is 16.7. The summed E-state index contributed by atoms with van der Waals surface area (Å²) in [6, 6.07) is 7.67.